The summed E-state index contributed by atoms with van der Waals surface area (Å²) >= 11 is 0. The van der Waals surface area contributed by atoms with Gasteiger partial charge in [-0.25, -0.2) is 4.99 Å². The second-order valence-corrected chi connectivity index (χ2v) is 7.30. The smallest absolute Gasteiger partial charge is 0.199 e. The van der Waals surface area contributed by atoms with Gasteiger partial charge in [-0.1, -0.05) is 26.7 Å². The van der Waals surface area contributed by atoms with E-state index in [1.807, 2.05) is 0 Å². The Morgan fingerprint density at radius 2 is 1.90 bits per heavy atom. The van der Waals surface area contributed by atoms with Crippen molar-refractivity contribution in [1.82, 2.24) is 10.2 Å². The Balaban J connectivity index is 1.73. The van der Waals surface area contributed by atoms with Crippen LogP contribution in [0.15, 0.2) is 16.3 Å². The summed E-state index contributed by atoms with van der Waals surface area (Å²) < 4.78 is 0. The lowest BCUT2D eigenvalue weighted by atomic mass is 9.81. The highest BCUT2D eigenvalue weighted by Crippen LogP contribution is 2.41. The summed E-state index contributed by atoms with van der Waals surface area (Å²) in [5.74, 6) is 1.90. The van der Waals surface area contributed by atoms with Crippen LogP contribution in [-0.2, 0) is 0 Å². The van der Waals surface area contributed by atoms with Gasteiger partial charge >= 0.3 is 0 Å². The van der Waals surface area contributed by atoms with Crippen LogP contribution in [0, 0.1) is 5.92 Å². The molecular weight excluding hydrogens is 246 g/mol. The minimum atomic E-state index is 0.564. The minimum Gasteiger partial charge on any atom is -0.331 e. The molecule has 0 saturated heterocycles. The van der Waals surface area contributed by atoms with Gasteiger partial charge in [-0.2, -0.15) is 0 Å². The number of aliphatic imine (C=N–C) groups is 1. The molecule has 0 aromatic carbocycles. The van der Waals surface area contributed by atoms with E-state index in [9.17, 15) is 0 Å². The number of hydrogen-bond acceptors (Lipinski definition) is 3. The van der Waals surface area contributed by atoms with Crippen molar-refractivity contribution >= 4 is 5.96 Å². The van der Waals surface area contributed by atoms with Crippen LogP contribution in [0.25, 0.3) is 0 Å². The lowest BCUT2D eigenvalue weighted by Gasteiger charge is -2.46. The Labute approximate surface area is 122 Å². The van der Waals surface area contributed by atoms with E-state index in [2.05, 4.69) is 24.1 Å². The molecule has 3 heteroatoms. The standard InChI is InChI=1S/C17H27N3/c1-11(2)16-12-7-3-4-8-13(12)18-17-19-14-9-5-6-10-15(14)20(16)17/h11,14-16H,3-10H2,1-2H3,(H,18,19)/t14-,15-,16-/m0/s1. The fourth-order valence-electron chi connectivity index (χ4n) is 4.81. The molecule has 2 aliphatic heterocycles. The molecule has 4 aliphatic rings. The van der Waals surface area contributed by atoms with E-state index in [4.69, 9.17) is 4.99 Å². The molecule has 3 atom stereocenters. The van der Waals surface area contributed by atoms with Crippen molar-refractivity contribution in [2.24, 2.45) is 10.9 Å². The predicted octanol–water partition coefficient (Wildman–Crippen LogP) is 3.43. The van der Waals surface area contributed by atoms with E-state index in [1.54, 1.807) is 5.57 Å². The summed E-state index contributed by atoms with van der Waals surface area (Å²) in [4.78, 5) is 7.73. The summed E-state index contributed by atoms with van der Waals surface area (Å²) in [5.41, 5.74) is 3.22. The van der Waals surface area contributed by atoms with E-state index in [0.717, 1.165) is 0 Å². The SMILES string of the molecule is CC(C)[C@H]1C2=C(CCCC2)NC2=N[C@H]3CCCC[C@@H]3N21. The van der Waals surface area contributed by atoms with Crippen LogP contribution >= 0.6 is 0 Å². The summed E-state index contributed by atoms with van der Waals surface area (Å²) in [6.45, 7) is 4.78. The highest BCUT2D eigenvalue weighted by atomic mass is 15.4. The Hall–Kier alpha value is -0.990. The summed E-state index contributed by atoms with van der Waals surface area (Å²) in [7, 11) is 0. The number of allylic oxidation sites excluding steroid dienone is 1. The average molecular weight is 273 g/mol. The van der Waals surface area contributed by atoms with Crippen LogP contribution < -0.4 is 5.32 Å². The molecule has 0 radical (unpaired) electrons. The van der Waals surface area contributed by atoms with Crippen molar-refractivity contribution in [2.75, 3.05) is 0 Å². The molecule has 20 heavy (non-hydrogen) atoms. The van der Waals surface area contributed by atoms with E-state index < -0.39 is 0 Å². The molecule has 4 rings (SSSR count). The van der Waals surface area contributed by atoms with Crippen LogP contribution in [-0.4, -0.2) is 29.0 Å². The van der Waals surface area contributed by atoms with E-state index in [1.165, 1.54) is 63.0 Å². The van der Waals surface area contributed by atoms with Gasteiger partial charge in [0.15, 0.2) is 5.96 Å². The van der Waals surface area contributed by atoms with Gasteiger partial charge in [0.25, 0.3) is 0 Å². The summed E-state index contributed by atoms with van der Waals surface area (Å²) in [6, 6.07) is 1.85. The maximum absolute atomic E-state index is 5.05. The molecule has 0 unspecified atom stereocenters. The van der Waals surface area contributed by atoms with E-state index in [0.29, 0.717) is 24.0 Å². The van der Waals surface area contributed by atoms with Gasteiger partial charge in [-0.05, 0) is 50.0 Å². The third kappa shape index (κ3) is 1.82. The van der Waals surface area contributed by atoms with Gasteiger partial charge in [0.2, 0.25) is 0 Å². The molecule has 1 N–H and O–H groups in total. The Kier molecular flexibility index (Phi) is 3.04. The van der Waals surface area contributed by atoms with Crippen molar-refractivity contribution in [3.63, 3.8) is 0 Å². The number of nitrogens with zero attached hydrogens (tertiary/aromatic N) is 2. The maximum atomic E-state index is 5.05. The fourth-order valence-corrected chi connectivity index (χ4v) is 4.81. The second kappa shape index (κ2) is 4.78. The van der Waals surface area contributed by atoms with Crippen molar-refractivity contribution in [3.8, 4) is 0 Å². The van der Waals surface area contributed by atoms with Crippen LogP contribution in [0.3, 0.4) is 0 Å². The van der Waals surface area contributed by atoms with Crippen molar-refractivity contribution in [3.05, 3.63) is 11.3 Å². The van der Waals surface area contributed by atoms with E-state index >= 15 is 0 Å². The van der Waals surface area contributed by atoms with Crippen LogP contribution in [0.2, 0.25) is 0 Å². The molecular formula is C17H27N3. The highest BCUT2D eigenvalue weighted by Gasteiger charge is 2.46. The van der Waals surface area contributed by atoms with Gasteiger partial charge < -0.3 is 10.2 Å². The highest BCUT2D eigenvalue weighted by molar-refractivity contribution is 5.86. The predicted molar refractivity (Wildman–Crippen MR) is 82.6 cm³/mol. The normalized spacial score (nSPS) is 36.2. The Bertz CT molecular complexity index is 463. The molecule has 0 aromatic rings. The lowest BCUT2D eigenvalue weighted by Crippen LogP contribution is -2.57. The molecule has 0 aromatic heterocycles. The third-order valence-corrected chi connectivity index (χ3v) is 5.65. The molecule has 0 bridgehead atoms. The molecule has 2 heterocycles. The quantitative estimate of drug-likeness (QED) is 0.792. The second-order valence-electron chi connectivity index (χ2n) is 7.30. The first-order valence-corrected chi connectivity index (χ1v) is 8.61. The summed E-state index contributed by atoms with van der Waals surface area (Å²) in [6.07, 6.45) is 10.6. The first kappa shape index (κ1) is 12.7. The third-order valence-electron chi connectivity index (χ3n) is 5.65. The molecule has 1 saturated carbocycles. The molecule has 0 spiro atoms. The van der Waals surface area contributed by atoms with Gasteiger partial charge in [0, 0.05) is 5.70 Å². The fraction of sp³-hybridized carbons (Fsp3) is 0.824. The molecule has 2 aliphatic carbocycles. The van der Waals surface area contributed by atoms with Crippen molar-refractivity contribution < 1.29 is 0 Å². The lowest BCUT2D eigenvalue weighted by molar-refractivity contribution is 0.169. The zero-order valence-electron chi connectivity index (χ0n) is 12.9. The number of hydrogen-bond donors (Lipinski definition) is 1. The number of guanidine groups is 1. The first-order chi connectivity index (χ1) is 9.75. The number of nitrogens with one attached hydrogen (secondary N) is 1. The first-order valence-electron chi connectivity index (χ1n) is 8.61. The summed E-state index contributed by atoms with van der Waals surface area (Å²) in [5, 5.41) is 3.71. The topological polar surface area (TPSA) is 27.6 Å². The van der Waals surface area contributed by atoms with Crippen LogP contribution in [0.4, 0.5) is 0 Å². The Morgan fingerprint density at radius 1 is 1.10 bits per heavy atom. The zero-order chi connectivity index (χ0) is 13.7. The van der Waals surface area contributed by atoms with Gasteiger partial charge in [-0.15, -0.1) is 0 Å². The monoisotopic (exact) mass is 273 g/mol. The van der Waals surface area contributed by atoms with Gasteiger partial charge in [-0.3, -0.25) is 0 Å². The number of fused-ring (bicyclic) bond motifs is 3. The van der Waals surface area contributed by atoms with Crippen molar-refractivity contribution in [1.29, 1.82) is 0 Å². The Morgan fingerprint density at radius 3 is 2.75 bits per heavy atom. The van der Waals surface area contributed by atoms with Crippen molar-refractivity contribution in [2.45, 2.75) is 83.3 Å². The van der Waals surface area contributed by atoms with Gasteiger partial charge in [0.05, 0.1) is 18.1 Å². The number of rotatable bonds is 1. The molecule has 3 nitrogen and oxygen atoms in total. The largest absolute Gasteiger partial charge is 0.331 e. The average Bonchev–Trinajstić information content (AvgIpc) is 2.82. The molecule has 1 fully saturated rings. The van der Waals surface area contributed by atoms with Crippen LogP contribution in [0.1, 0.15) is 65.2 Å². The molecule has 110 valence electrons. The maximum Gasteiger partial charge on any atom is 0.199 e. The zero-order valence-corrected chi connectivity index (χ0v) is 12.9. The van der Waals surface area contributed by atoms with Gasteiger partial charge in [0.1, 0.15) is 0 Å². The molecule has 0 amide bonds. The minimum absolute atomic E-state index is 0.564. The van der Waals surface area contributed by atoms with E-state index in [-0.39, 0.29) is 0 Å². The van der Waals surface area contributed by atoms with Crippen LogP contribution in [0.5, 0.6) is 0 Å².